The van der Waals surface area contributed by atoms with Crippen molar-refractivity contribution in [3.8, 4) is 0 Å². The third-order valence-corrected chi connectivity index (χ3v) is 4.07. The van der Waals surface area contributed by atoms with Crippen LogP contribution in [0, 0.1) is 17.8 Å². The predicted octanol–water partition coefficient (Wildman–Crippen LogP) is 0.513. The van der Waals surface area contributed by atoms with E-state index in [0.29, 0.717) is 19.1 Å². The highest BCUT2D eigenvalue weighted by molar-refractivity contribution is 5.79. The molecule has 4 nitrogen and oxygen atoms in total. The Morgan fingerprint density at radius 1 is 1.50 bits per heavy atom. The van der Waals surface area contributed by atoms with Gasteiger partial charge in [0.2, 0.25) is 5.91 Å². The van der Waals surface area contributed by atoms with Crippen molar-refractivity contribution in [2.24, 2.45) is 23.5 Å². The van der Waals surface area contributed by atoms with Crippen molar-refractivity contribution in [1.82, 2.24) is 5.32 Å². The Bertz CT molecular complexity index is 257. The predicted molar refractivity (Wildman–Crippen MR) is 61.8 cm³/mol. The summed E-state index contributed by atoms with van der Waals surface area (Å²) in [4.78, 5) is 12.1. The monoisotopic (exact) mass is 226 g/mol. The molecule has 4 atom stereocenters. The van der Waals surface area contributed by atoms with Gasteiger partial charge in [0, 0.05) is 19.6 Å². The highest BCUT2D eigenvalue weighted by Gasteiger charge is 2.43. The summed E-state index contributed by atoms with van der Waals surface area (Å²) < 4.78 is 5.03. The minimum atomic E-state index is -0.0309. The largest absolute Gasteiger partial charge is 0.383 e. The average Bonchev–Trinajstić information content (AvgIpc) is 2.89. The highest BCUT2D eigenvalue weighted by Crippen LogP contribution is 2.48. The molecule has 16 heavy (non-hydrogen) atoms. The Kier molecular flexibility index (Phi) is 3.82. The Labute approximate surface area is 96.9 Å². The minimum absolute atomic E-state index is 0.0309. The maximum absolute atomic E-state index is 12.1. The molecule has 0 aromatic heterocycles. The van der Waals surface area contributed by atoms with E-state index in [9.17, 15) is 4.79 Å². The van der Waals surface area contributed by atoms with Crippen LogP contribution in [0.3, 0.4) is 0 Å². The van der Waals surface area contributed by atoms with E-state index in [4.69, 9.17) is 10.5 Å². The molecule has 0 heterocycles. The Balaban J connectivity index is 1.83. The summed E-state index contributed by atoms with van der Waals surface area (Å²) in [7, 11) is 1.63. The number of methoxy groups -OCH3 is 1. The number of amides is 1. The van der Waals surface area contributed by atoms with Crippen molar-refractivity contribution in [1.29, 1.82) is 0 Å². The number of hydrogen-bond donors (Lipinski definition) is 2. The zero-order valence-corrected chi connectivity index (χ0v) is 9.95. The zero-order valence-electron chi connectivity index (χ0n) is 9.95. The summed E-state index contributed by atoms with van der Waals surface area (Å²) in [5, 5.41) is 3.01. The van der Waals surface area contributed by atoms with Crippen molar-refractivity contribution in [2.45, 2.75) is 31.7 Å². The Hall–Kier alpha value is -0.610. The van der Waals surface area contributed by atoms with Crippen LogP contribution in [0.2, 0.25) is 0 Å². The van der Waals surface area contributed by atoms with Crippen molar-refractivity contribution in [2.75, 3.05) is 20.3 Å². The van der Waals surface area contributed by atoms with Gasteiger partial charge in [-0.2, -0.15) is 0 Å². The third-order valence-electron chi connectivity index (χ3n) is 4.07. The van der Waals surface area contributed by atoms with Crippen molar-refractivity contribution < 1.29 is 9.53 Å². The maximum atomic E-state index is 12.1. The van der Waals surface area contributed by atoms with Gasteiger partial charge in [-0.3, -0.25) is 4.79 Å². The second-order valence-corrected chi connectivity index (χ2v) is 5.18. The third kappa shape index (κ3) is 2.38. The van der Waals surface area contributed by atoms with Crippen LogP contribution in [0.15, 0.2) is 0 Å². The van der Waals surface area contributed by atoms with Crippen LogP contribution in [0.1, 0.15) is 25.7 Å². The molecule has 2 bridgehead atoms. The maximum Gasteiger partial charge on any atom is 0.223 e. The van der Waals surface area contributed by atoms with Crippen LogP contribution in [-0.4, -0.2) is 32.2 Å². The first-order valence-corrected chi connectivity index (χ1v) is 6.24. The van der Waals surface area contributed by atoms with Gasteiger partial charge in [-0.1, -0.05) is 6.42 Å². The van der Waals surface area contributed by atoms with Gasteiger partial charge in [0.15, 0.2) is 0 Å². The molecule has 0 saturated heterocycles. The Morgan fingerprint density at radius 3 is 2.81 bits per heavy atom. The van der Waals surface area contributed by atoms with Gasteiger partial charge in [0.25, 0.3) is 0 Å². The number of ether oxygens (including phenoxy) is 1. The van der Waals surface area contributed by atoms with Crippen LogP contribution in [-0.2, 0) is 9.53 Å². The number of nitrogens with two attached hydrogens (primary N) is 1. The number of nitrogens with one attached hydrogen (secondary N) is 1. The van der Waals surface area contributed by atoms with E-state index in [1.54, 1.807) is 7.11 Å². The van der Waals surface area contributed by atoms with Crippen LogP contribution in [0.4, 0.5) is 0 Å². The van der Waals surface area contributed by atoms with Crippen molar-refractivity contribution >= 4 is 5.91 Å². The fourth-order valence-corrected chi connectivity index (χ4v) is 3.24. The van der Waals surface area contributed by atoms with Crippen molar-refractivity contribution in [3.05, 3.63) is 0 Å². The van der Waals surface area contributed by atoms with Gasteiger partial charge >= 0.3 is 0 Å². The fraction of sp³-hybridized carbons (Fsp3) is 0.917. The molecule has 2 aliphatic rings. The average molecular weight is 226 g/mol. The molecule has 2 saturated carbocycles. The number of fused-ring (bicyclic) bond motifs is 2. The molecule has 4 unspecified atom stereocenters. The molecule has 3 N–H and O–H groups in total. The fourth-order valence-electron chi connectivity index (χ4n) is 3.24. The molecular formula is C12H22N2O2. The molecule has 0 spiro atoms. The van der Waals surface area contributed by atoms with Gasteiger partial charge in [-0.05, 0) is 31.1 Å². The van der Waals surface area contributed by atoms with Gasteiger partial charge in [0.1, 0.15) is 0 Å². The van der Waals surface area contributed by atoms with E-state index < -0.39 is 0 Å². The quantitative estimate of drug-likeness (QED) is 0.718. The van der Waals surface area contributed by atoms with Gasteiger partial charge in [0.05, 0.1) is 12.6 Å². The van der Waals surface area contributed by atoms with Gasteiger partial charge < -0.3 is 15.8 Å². The molecule has 0 aromatic carbocycles. The summed E-state index contributed by atoms with van der Waals surface area (Å²) in [6.45, 7) is 0.948. The second-order valence-electron chi connectivity index (χ2n) is 5.18. The lowest BCUT2D eigenvalue weighted by Gasteiger charge is -2.24. The van der Waals surface area contributed by atoms with Crippen LogP contribution in [0.5, 0.6) is 0 Å². The van der Waals surface area contributed by atoms with Gasteiger partial charge in [-0.15, -0.1) is 0 Å². The number of carbonyl (C=O) groups excluding carboxylic acids is 1. The standard InChI is InChI=1S/C12H22N2O2/c1-16-7-10(6-13)14-12(15)11-5-8-2-3-9(11)4-8/h8-11H,2-7,13H2,1H3,(H,14,15). The van der Waals surface area contributed by atoms with Crippen LogP contribution in [0.25, 0.3) is 0 Å². The molecule has 2 rings (SSSR count). The lowest BCUT2D eigenvalue weighted by atomic mass is 9.88. The molecular weight excluding hydrogens is 204 g/mol. The summed E-state index contributed by atoms with van der Waals surface area (Å²) in [6.07, 6.45) is 4.91. The number of rotatable bonds is 5. The highest BCUT2D eigenvalue weighted by atomic mass is 16.5. The molecule has 0 aromatic rings. The second kappa shape index (κ2) is 5.15. The van der Waals surface area contributed by atoms with E-state index in [1.165, 1.54) is 19.3 Å². The van der Waals surface area contributed by atoms with Crippen LogP contribution >= 0.6 is 0 Å². The molecule has 92 valence electrons. The smallest absolute Gasteiger partial charge is 0.223 e. The van der Waals surface area contributed by atoms with Crippen molar-refractivity contribution in [3.63, 3.8) is 0 Å². The minimum Gasteiger partial charge on any atom is -0.383 e. The summed E-state index contributed by atoms with van der Waals surface area (Å²) in [6, 6.07) is -0.0309. The van der Waals surface area contributed by atoms with E-state index in [2.05, 4.69) is 5.32 Å². The molecule has 1 amide bonds. The first kappa shape index (κ1) is 11.9. The van der Waals surface area contributed by atoms with E-state index >= 15 is 0 Å². The summed E-state index contributed by atoms with van der Waals surface area (Å²) >= 11 is 0. The lowest BCUT2D eigenvalue weighted by Crippen LogP contribution is -2.46. The first-order valence-electron chi connectivity index (χ1n) is 6.24. The number of carbonyl (C=O) groups is 1. The molecule has 2 fully saturated rings. The molecule has 0 radical (unpaired) electrons. The van der Waals surface area contributed by atoms with E-state index in [0.717, 1.165) is 12.3 Å². The molecule has 2 aliphatic carbocycles. The van der Waals surface area contributed by atoms with Gasteiger partial charge in [-0.25, -0.2) is 0 Å². The SMILES string of the molecule is COCC(CN)NC(=O)C1CC2CCC1C2. The summed E-state index contributed by atoms with van der Waals surface area (Å²) in [5.41, 5.74) is 5.59. The lowest BCUT2D eigenvalue weighted by molar-refractivity contribution is -0.127. The topological polar surface area (TPSA) is 64.3 Å². The van der Waals surface area contributed by atoms with E-state index in [1.807, 2.05) is 0 Å². The summed E-state index contributed by atoms with van der Waals surface area (Å²) in [5.74, 6) is 1.87. The zero-order chi connectivity index (χ0) is 11.5. The molecule has 4 heteroatoms. The first-order chi connectivity index (χ1) is 7.74. The molecule has 0 aliphatic heterocycles. The van der Waals surface area contributed by atoms with E-state index in [-0.39, 0.29) is 17.9 Å². The normalized spacial score (nSPS) is 34.0. The Morgan fingerprint density at radius 2 is 2.31 bits per heavy atom. The number of hydrogen-bond acceptors (Lipinski definition) is 3. The van der Waals surface area contributed by atoms with Crippen LogP contribution < -0.4 is 11.1 Å².